The van der Waals surface area contributed by atoms with Gasteiger partial charge in [-0.3, -0.25) is 13.8 Å². The van der Waals surface area contributed by atoms with Crippen molar-refractivity contribution in [2.75, 3.05) is 40.9 Å². The second kappa shape index (κ2) is 45.6. The van der Waals surface area contributed by atoms with Gasteiger partial charge in [0.15, 0.2) is 0 Å². The SMILES string of the molecule is CCCCCCC/C=C/CC/C=C/CC/C=C/C(O)C(COP(=O)(O)OCC[N+](C)(C)C)NC(=O)CCCCCCCCCCCC/C=C\CCCCCCCCCCCCCC. The molecule has 0 fully saturated rings. The third-order valence-corrected chi connectivity index (χ3v) is 12.7. The number of carbonyl (C=O) groups excluding carboxylic acids is 1. The average molecular weight is 908 g/mol. The lowest BCUT2D eigenvalue weighted by Gasteiger charge is -2.25. The molecule has 0 aromatic rings. The number of likely N-dealkylation sites (N-methyl/N-ethyl adjacent to an activating group) is 1. The molecule has 1 amide bonds. The predicted octanol–water partition coefficient (Wildman–Crippen LogP) is 15.6. The molecular weight excluding hydrogens is 804 g/mol. The highest BCUT2D eigenvalue weighted by molar-refractivity contribution is 7.47. The number of rotatable bonds is 48. The van der Waals surface area contributed by atoms with Gasteiger partial charge in [-0.2, -0.15) is 0 Å². The van der Waals surface area contributed by atoms with Gasteiger partial charge in [0.05, 0.1) is 39.9 Å². The van der Waals surface area contributed by atoms with E-state index in [2.05, 4.69) is 55.6 Å². The van der Waals surface area contributed by atoms with Crippen molar-refractivity contribution in [3.63, 3.8) is 0 Å². The Morgan fingerprint density at radius 2 is 0.873 bits per heavy atom. The summed E-state index contributed by atoms with van der Waals surface area (Å²) in [6.07, 6.45) is 59.2. The summed E-state index contributed by atoms with van der Waals surface area (Å²) >= 11 is 0. The first-order chi connectivity index (χ1) is 30.5. The van der Waals surface area contributed by atoms with Gasteiger partial charge in [-0.25, -0.2) is 4.57 Å². The van der Waals surface area contributed by atoms with Gasteiger partial charge >= 0.3 is 7.82 Å². The lowest BCUT2D eigenvalue weighted by atomic mass is 10.0. The number of hydrogen-bond acceptors (Lipinski definition) is 5. The molecule has 3 N–H and O–H groups in total. The Kier molecular flexibility index (Phi) is 44.5. The van der Waals surface area contributed by atoms with Crippen molar-refractivity contribution < 1.29 is 32.9 Å². The number of unbranched alkanes of at least 4 members (excludes halogenated alkanes) is 29. The largest absolute Gasteiger partial charge is 0.472 e. The number of allylic oxidation sites excluding steroid dienone is 7. The number of carbonyl (C=O) groups is 1. The van der Waals surface area contributed by atoms with Crippen molar-refractivity contribution in [1.82, 2.24) is 5.32 Å². The van der Waals surface area contributed by atoms with E-state index in [9.17, 15) is 19.4 Å². The summed E-state index contributed by atoms with van der Waals surface area (Å²) < 4.78 is 23.6. The highest BCUT2D eigenvalue weighted by Crippen LogP contribution is 2.43. The van der Waals surface area contributed by atoms with E-state index in [1.54, 1.807) is 6.08 Å². The second-order valence-corrected chi connectivity index (χ2v) is 20.7. The van der Waals surface area contributed by atoms with Crippen molar-refractivity contribution in [3.05, 3.63) is 48.6 Å². The molecule has 0 heterocycles. The lowest BCUT2D eigenvalue weighted by molar-refractivity contribution is -0.870. The third-order valence-electron chi connectivity index (χ3n) is 11.7. The topological polar surface area (TPSA) is 105 Å². The van der Waals surface area contributed by atoms with Gasteiger partial charge in [-0.05, 0) is 70.6 Å². The van der Waals surface area contributed by atoms with E-state index < -0.39 is 20.0 Å². The zero-order chi connectivity index (χ0) is 46.4. The number of quaternary nitrogens is 1. The summed E-state index contributed by atoms with van der Waals surface area (Å²) in [5.41, 5.74) is 0. The van der Waals surface area contributed by atoms with Crippen LogP contribution in [0.1, 0.15) is 239 Å². The molecule has 0 aromatic heterocycles. The molecule has 0 radical (unpaired) electrons. The number of nitrogens with zero attached hydrogens (tertiary/aromatic N) is 1. The molecule has 0 aliphatic heterocycles. The maximum atomic E-state index is 12.9. The van der Waals surface area contributed by atoms with Crippen molar-refractivity contribution in [2.45, 2.75) is 251 Å². The molecule has 0 rings (SSSR count). The summed E-state index contributed by atoms with van der Waals surface area (Å²) in [6, 6.07) is -0.870. The van der Waals surface area contributed by atoms with Crippen LogP contribution in [0.2, 0.25) is 0 Å². The van der Waals surface area contributed by atoms with Gasteiger partial charge in [0.25, 0.3) is 0 Å². The summed E-state index contributed by atoms with van der Waals surface area (Å²) in [7, 11) is 1.55. The first-order valence-corrected chi connectivity index (χ1v) is 28.0. The number of aliphatic hydroxyl groups excluding tert-OH is 1. The molecule has 63 heavy (non-hydrogen) atoms. The minimum absolute atomic E-state index is 0.0527. The molecule has 0 saturated heterocycles. The summed E-state index contributed by atoms with van der Waals surface area (Å²) in [5.74, 6) is -0.192. The first kappa shape index (κ1) is 61.5. The number of nitrogens with one attached hydrogen (secondary N) is 1. The van der Waals surface area contributed by atoms with Crippen LogP contribution in [-0.2, 0) is 18.4 Å². The van der Waals surface area contributed by atoms with Crippen LogP contribution in [0.5, 0.6) is 0 Å². The molecule has 0 aromatic carbocycles. The Morgan fingerprint density at radius 1 is 0.524 bits per heavy atom. The molecular formula is C54H104N2O6P+. The van der Waals surface area contributed by atoms with Gasteiger partial charge in [0.2, 0.25) is 5.91 Å². The number of amides is 1. The Hall–Kier alpha value is -1.54. The summed E-state index contributed by atoms with van der Waals surface area (Å²) in [4.78, 5) is 23.2. The maximum Gasteiger partial charge on any atom is 0.472 e. The lowest BCUT2D eigenvalue weighted by Crippen LogP contribution is -2.45. The van der Waals surface area contributed by atoms with Crippen LogP contribution < -0.4 is 5.32 Å². The maximum absolute atomic E-state index is 12.9. The van der Waals surface area contributed by atoms with Crippen LogP contribution in [-0.4, -0.2) is 73.4 Å². The van der Waals surface area contributed by atoms with Crippen LogP contribution >= 0.6 is 7.82 Å². The smallest absolute Gasteiger partial charge is 0.387 e. The van der Waals surface area contributed by atoms with Gasteiger partial charge in [0.1, 0.15) is 13.2 Å². The molecule has 8 nitrogen and oxygen atoms in total. The quantitative estimate of drug-likeness (QED) is 0.0243. The molecule has 0 bridgehead atoms. The number of hydrogen-bond donors (Lipinski definition) is 3. The highest BCUT2D eigenvalue weighted by atomic mass is 31.2. The van der Waals surface area contributed by atoms with Crippen molar-refractivity contribution in [3.8, 4) is 0 Å². The predicted molar refractivity (Wildman–Crippen MR) is 272 cm³/mol. The van der Waals surface area contributed by atoms with Crippen LogP contribution in [0.15, 0.2) is 48.6 Å². The molecule has 370 valence electrons. The molecule has 0 saturated carbocycles. The van der Waals surface area contributed by atoms with E-state index in [-0.39, 0.29) is 19.1 Å². The standard InChI is InChI=1S/C54H103N2O6P/c1-6-8-10-12-14-16-18-20-22-23-24-25-26-27-28-29-30-31-32-34-36-38-40-42-44-46-48-54(58)55-52(51-62-63(59,60)61-50-49-56(3,4)5)53(57)47-45-43-41-39-37-35-33-21-19-17-15-13-11-9-7-2/h19,21,27-28,37,39,45,47,52-53,57H,6-18,20,22-26,29-36,38,40-44,46,48-51H2,1-5H3,(H-,55,58,59,60)/p+1/b21-19+,28-27-,39-37+,47-45+. The van der Waals surface area contributed by atoms with E-state index in [4.69, 9.17) is 9.05 Å². The van der Waals surface area contributed by atoms with E-state index in [0.29, 0.717) is 17.4 Å². The third kappa shape index (κ3) is 48.2. The number of aliphatic hydroxyl groups is 1. The second-order valence-electron chi connectivity index (χ2n) is 19.2. The van der Waals surface area contributed by atoms with Gasteiger partial charge in [-0.15, -0.1) is 0 Å². The highest BCUT2D eigenvalue weighted by Gasteiger charge is 2.27. The van der Waals surface area contributed by atoms with Gasteiger partial charge < -0.3 is 19.8 Å². The molecule has 9 heteroatoms. The molecule has 3 atom stereocenters. The van der Waals surface area contributed by atoms with Gasteiger partial charge in [0, 0.05) is 6.42 Å². The molecule has 0 aliphatic rings. The Bertz CT molecular complexity index is 1170. The van der Waals surface area contributed by atoms with Crippen LogP contribution in [0.4, 0.5) is 0 Å². The average Bonchev–Trinajstić information content (AvgIpc) is 3.24. The number of phosphoric acid groups is 1. The van der Waals surface area contributed by atoms with Crippen LogP contribution in [0, 0.1) is 0 Å². The zero-order valence-corrected chi connectivity index (χ0v) is 43.0. The summed E-state index contributed by atoms with van der Waals surface area (Å²) in [5, 5.41) is 13.8. The van der Waals surface area contributed by atoms with E-state index >= 15 is 0 Å². The van der Waals surface area contributed by atoms with E-state index in [0.717, 1.165) is 44.9 Å². The Balaban J connectivity index is 4.24. The first-order valence-electron chi connectivity index (χ1n) is 26.5. The Morgan fingerprint density at radius 3 is 1.27 bits per heavy atom. The monoisotopic (exact) mass is 908 g/mol. The normalized spacial score (nSPS) is 14.5. The zero-order valence-electron chi connectivity index (χ0n) is 42.1. The Labute approximate surface area is 390 Å². The fourth-order valence-electron chi connectivity index (χ4n) is 7.54. The fourth-order valence-corrected chi connectivity index (χ4v) is 8.27. The number of phosphoric ester groups is 1. The molecule has 0 aliphatic carbocycles. The minimum Gasteiger partial charge on any atom is -0.387 e. The van der Waals surface area contributed by atoms with Crippen molar-refractivity contribution in [1.29, 1.82) is 0 Å². The molecule has 3 unspecified atom stereocenters. The molecule has 0 spiro atoms. The summed E-state index contributed by atoms with van der Waals surface area (Å²) in [6.45, 7) is 4.78. The van der Waals surface area contributed by atoms with Crippen LogP contribution in [0.25, 0.3) is 0 Å². The van der Waals surface area contributed by atoms with E-state index in [1.807, 2.05) is 27.2 Å². The van der Waals surface area contributed by atoms with Crippen molar-refractivity contribution >= 4 is 13.7 Å². The van der Waals surface area contributed by atoms with E-state index in [1.165, 1.54) is 173 Å². The van der Waals surface area contributed by atoms with Gasteiger partial charge in [-0.1, -0.05) is 210 Å². The fraction of sp³-hybridized carbons (Fsp3) is 0.833. The van der Waals surface area contributed by atoms with Crippen molar-refractivity contribution in [2.24, 2.45) is 0 Å². The minimum atomic E-state index is -4.35. The van der Waals surface area contributed by atoms with Crippen LogP contribution in [0.3, 0.4) is 0 Å².